The van der Waals surface area contributed by atoms with Gasteiger partial charge in [-0.3, -0.25) is 24.7 Å². The van der Waals surface area contributed by atoms with E-state index in [1.54, 1.807) is 24.1 Å². The van der Waals surface area contributed by atoms with E-state index in [1.807, 2.05) is 0 Å². The number of nitro groups is 1. The summed E-state index contributed by atoms with van der Waals surface area (Å²) in [5.74, 6) is -0.129. The monoisotopic (exact) mass is 415 g/mol. The summed E-state index contributed by atoms with van der Waals surface area (Å²) in [6, 6.07) is 5.05. The Bertz CT molecular complexity index is 895. The molecule has 0 spiro atoms. The van der Waals surface area contributed by atoms with Crippen molar-refractivity contribution in [3.63, 3.8) is 0 Å². The zero-order chi connectivity index (χ0) is 21.3. The molecule has 1 aromatic rings. The molecule has 0 saturated carbocycles. The van der Waals surface area contributed by atoms with Crippen molar-refractivity contribution in [1.29, 1.82) is 0 Å². The lowest BCUT2D eigenvalue weighted by atomic mass is 9.95. The number of nitro benzene ring substituents is 1. The Labute approximate surface area is 174 Å². The van der Waals surface area contributed by atoms with Gasteiger partial charge < -0.3 is 15.0 Å². The van der Waals surface area contributed by atoms with Gasteiger partial charge in [0.2, 0.25) is 0 Å². The van der Waals surface area contributed by atoms with Crippen molar-refractivity contribution < 1.29 is 19.2 Å². The topological polar surface area (TPSA) is 108 Å². The molecule has 0 aromatic heterocycles. The van der Waals surface area contributed by atoms with E-state index in [-0.39, 0.29) is 17.6 Å². The minimum atomic E-state index is -0.694. The molecule has 3 heterocycles. The predicted octanol–water partition coefficient (Wildman–Crippen LogP) is 1.11. The van der Waals surface area contributed by atoms with Crippen molar-refractivity contribution >= 4 is 17.6 Å². The van der Waals surface area contributed by atoms with Crippen LogP contribution in [0.3, 0.4) is 0 Å². The summed E-state index contributed by atoms with van der Waals surface area (Å²) >= 11 is 0. The number of morpholine rings is 1. The summed E-state index contributed by atoms with van der Waals surface area (Å²) in [5, 5.41) is 14.0. The second kappa shape index (κ2) is 8.41. The van der Waals surface area contributed by atoms with E-state index in [2.05, 4.69) is 10.2 Å². The average molecular weight is 415 g/mol. The van der Waals surface area contributed by atoms with Crippen LogP contribution >= 0.6 is 0 Å². The van der Waals surface area contributed by atoms with E-state index in [0.717, 1.165) is 39.3 Å². The molecular formula is C20H25N5O5. The minimum absolute atomic E-state index is 0.0735. The van der Waals surface area contributed by atoms with E-state index in [0.29, 0.717) is 29.9 Å². The number of nitrogens with zero attached hydrogens (tertiary/aromatic N) is 4. The van der Waals surface area contributed by atoms with E-state index >= 15 is 0 Å². The first-order chi connectivity index (χ1) is 14.5. The van der Waals surface area contributed by atoms with Crippen LogP contribution < -0.4 is 5.32 Å². The van der Waals surface area contributed by atoms with Gasteiger partial charge in [-0.25, -0.2) is 4.79 Å². The highest BCUT2D eigenvalue weighted by molar-refractivity contribution is 6.01. The molecule has 0 bridgehead atoms. The molecule has 10 nitrogen and oxygen atoms in total. The minimum Gasteiger partial charge on any atom is -0.379 e. The highest BCUT2D eigenvalue weighted by Crippen LogP contribution is 2.36. The summed E-state index contributed by atoms with van der Waals surface area (Å²) in [7, 11) is 1.64. The summed E-state index contributed by atoms with van der Waals surface area (Å²) < 4.78 is 5.36. The maximum absolute atomic E-state index is 13.2. The molecule has 0 radical (unpaired) electrons. The van der Waals surface area contributed by atoms with Gasteiger partial charge in [0.25, 0.3) is 11.6 Å². The number of benzene rings is 1. The molecule has 1 fully saturated rings. The maximum atomic E-state index is 13.2. The molecule has 30 heavy (non-hydrogen) atoms. The number of likely N-dealkylation sites (N-methyl/N-ethyl adjacent to an activating group) is 1. The number of nitrogens with one attached hydrogen (secondary N) is 1. The van der Waals surface area contributed by atoms with Crippen molar-refractivity contribution in [2.75, 3.05) is 53.0 Å². The third-order valence-corrected chi connectivity index (χ3v) is 5.86. The Morgan fingerprint density at radius 2 is 2.00 bits per heavy atom. The number of ether oxygens (including phenoxy) is 1. The van der Waals surface area contributed by atoms with Gasteiger partial charge in [0, 0.05) is 45.4 Å². The fraction of sp³-hybridized carbons (Fsp3) is 0.500. The largest absolute Gasteiger partial charge is 0.379 e. The summed E-state index contributed by atoms with van der Waals surface area (Å²) in [6.07, 6.45) is 0.832. The summed E-state index contributed by atoms with van der Waals surface area (Å²) in [4.78, 5) is 41.9. The van der Waals surface area contributed by atoms with E-state index in [1.165, 1.54) is 17.0 Å². The Morgan fingerprint density at radius 1 is 1.23 bits per heavy atom. The summed E-state index contributed by atoms with van der Waals surface area (Å²) in [6.45, 7) is 5.13. The van der Waals surface area contributed by atoms with Crippen LogP contribution in [0.5, 0.6) is 0 Å². The fourth-order valence-electron chi connectivity index (χ4n) is 4.18. The Hall–Kier alpha value is -2.98. The molecule has 3 aliphatic rings. The third-order valence-electron chi connectivity index (χ3n) is 5.86. The van der Waals surface area contributed by atoms with E-state index in [4.69, 9.17) is 4.74 Å². The molecule has 0 aliphatic carbocycles. The number of carbonyl (C=O) groups excluding carboxylic acids is 2. The van der Waals surface area contributed by atoms with Crippen LogP contribution in [0.2, 0.25) is 0 Å². The number of carbonyl (C=O) groups is 2. The smallest absolute Gasteiger partial charge is 0.322 e. The van der Waals surface area contributed by atoms with Crippen molar-refractivity contribution in [3.8, 4) is 0 Å². The highest BCUT2D eigenvalue weighted by Gasteiger charge is 2.42. The molecule has 1 aromatic carbocycles. The molecule has 160 valence electrons. The van der Waals surface area contributed by atoms with Crippen LogP contribution in [0.4, 0.5) is 10.5 Å². The standard InChI is InChI=1S/C20H25N5O5/c1-22-16-13-24(7-3-6-23-8-10-30-11-9-23)19(26)17(16)18(21-20(22)27)14-4-2-5-15(12-14)25(28)29/h2,4-5,12,18H,3,6-11,13H2,1H3,(H,21,27). The number of non-ortho nitro benzene ring substituents is 1. The Balaban J connectivity index is 1.50. The molecule has 4 rings (SSSR count). The number of amides is 3. The van der Waals surface area contributed by atoms with Gasteiger partial charge in [-0.15, -0.1) is 0 Å². The fourth-order valence-corrected chi connectivity index (χ4v) is 4.18. The maximum Gasteiger partial charge on any atom is 0.322 e. The summed E-state index contributed by atoms with van der Waals surface area (Å²) in [5.41, 5.74) is 1.60. The first-order valence-electron chi connectivity index (χ1n) is 10.1. The molecule has 1 N–H and O–H groups in total. The molecule has 1 atom stereocenters. The zero-order valence-corrected chi connectivity index (χ0v) is 16.9. The van der Waals surface area contributed by atoms with Gasteiger partial charge >= 0.3 is 6.03 Å². The first-order valence-corrected chi connectivity index (χ1v) is 10.1. The molecule has 3 amide bonds. The van der Waals surface area contributed by atoms with Crippen molar-refractivity contribution in [2.24, 2.45) is 0 Å². The molecule has 1 unspecified atom stereocenters. The molecular weight excluding hydrogens is 390 g/mol. The van der Waals surface area contributed by atoms with Crippen molar-refractivity contribution in [3.05, 3.63) is 51.2 Å². The number of hydrogen-bond donors (Lipinski definition) is 1. The van der Waals surface area contributed by atoms with Crippen LogP contribution in [0.1, 0.15) is 18.0 Å². The average Bonchev–Trinajstić information content (AvgIpc) is 3.08. The van der Waals surface area contributed by atoms with Crippen LogP contribution in [0.25, 0.3) is 0 Å². The van der Waals surface area contributed by atoms with Crippen LogP contribution in [-0.2, 0) is 9.53 Å². The second-order valence-corrected chi connectivity index (χ2v) is 7.69. The Kier molecular flexibility index (Phi) is 5.69. The predicted molar refractivity (Wildman–Crippen MR) is 108 cm³/mol. The van der Waals surface area contributed by atoms with Crippen LogP contribution in [-0.4, -0.2) is 84.5 Å². The zero-order valence-electron chi connectivity index (χ0n) is 16.9. The van der Waals surface area contributed by atoms with Gasteiger partial charge in [-0.05, 0) is 12.0 Å². The van der Waals surface area contributed by atoms with Gasteiger partial charge in [-0.2, -0.15) is 0 Å². The normalized spacial score (nSPS) is 22.4. The van der Waals surface area contributed by atoms with Crippen LogP contribution in [0, 0.1) is 10.1 Å². The quantitative estimate of drug-likeness (QED) is 0.551. The Morgan fingerprint density at radius 3 is 2.73 bits per heavy atom. The number of rotatable bonds is 6. The van der Waals surface area contributed by atoms with Crippen molar-refractivity contribution in [1.82, 2.24) is 20.0 Å². The SMILES string of the molecule is CN1C(=O)NC(c2cccc([N+](=O)[O-])c2)C2=C1CN(CCCN1CCOCC1)C2=O. The third kappa shape index (κ3) is 3.88. The molecule has 10 heteroatoms. The lowest BCUT2D eigenvalue weighted by molar-refractivity contribution is -0.384. The number of urea groups is 1. The lowest BCUT2D eigenvalue weighted by Gasteiger charge is -2.31. The van der Waals surface area contributed by atoms with Gasteiger partial charge in [0.1, 0.15) is 0 Å². The highest BCUT2D eigenvalue weighted by atomic mass is 16.6. The van der Waals surface area contributed by atoms with Gasteiger partial charge in [-0.1, -0.05) is 12.1 Å². The van der Waals surface area contributed by atoms with E-state index in [9.17, 15) is 19.7 Å². The molecule has 1 saturated heterocycles. The molecule has 3 aliphatic heterocycles. The second-order valence-electron chi connectivity index (χ2n) is 7.69. The van der Waals surface area contributed by atoms with Gasteiger partial charge in [0.05, 0.1) is 42.0 Å². The van der Waals surface area contributed by atoms with Gasteiger partial charge in [0.15, 0.2) is 0 Å². The van der Waals surface area contributed by atoms with Crippen LogP contribution in [0.15, 0.2) is 35.5 Å². The number of hydrogen-bond acceptors (Lipinski definition) is 6. The first kappa shape index (κ1) is 20.3. The van der Waals surface area contributed by atoms with E-state index < -0.39 is 11.0 Å². The van der Waals surface area contributed by atoms with Crippen molar-refractivity contribution in [2.45, 2.75) is 12.5 Å². The lowest BCUT2D eigenvalue weighted by Crippen LogP contribution is -2.45.